The quantitative estimate of drug-likeness (QED) is 0.168. The Labute approximate surface area is 242 Å². The molecule has 0 saturated carbocycles. The fourth-order valence-electron chi connectivity index (χ4n) is 4.94. The highest BCUT2D eigenvalue weighted by Crippen LogP contribution is 2.28. The predicted octanol–water partition coefficient (Wildman–Crippen LogP) is 4.91. The van der Waals surface area contributed by atoms with Crippen molar-refractivity contribution in [2.24, 2.45) is 5.10 Å². The van der Waals surface area contributed by atoms with Crippen molar-refractivity contribution in [1.29, 1.82) is 0 Å². The average Bonchev–Trinajstić information content (AvgIpc) is 3.73. The first-order chi connectivity index (χ1) is 20.2. The largest absolute Gasteiger partial charge is 0.493 e. The van der Waals surface area contributed by atoms with Crippen molar-refractivity contribution in [2.45, 2.75) is 32.6 Å². The third kappa shape index (κ3) is 8.23. The highest BCUT2D eigenvalue weighted by molar-refractivity contribution is 5.81. The smallest absolute Gasteiger partial charge is 0.229 e. The van der Waals surface area contributed by atoms with Crippen LogP contribution in [0.4, 0.5) is 17.6 Å². The Morgan fingerprint density at radius 1 is 0.829 bits per heavy atom. The van der Waals surface area contributed by atoms with Gasteiger partial charge in [-0.2, -0.15) is 15.1 Å². The number of hydrogen-bond acceptors (Lipinski definition) is 10. The molecule has 5 rings (SSSR count). The fraction of sp³-hybridized carbons (Fsp3) is 0.452. The molecule has 0 aliphatic carbocycles. The minimum atomic E-state index is 0.405. The summed E-state index contributed by atoms with van der Waals surface area (Å²) in [5.74, 6) is 4.56. The molecule has 0 atom stereocenters. The number of hydrogen-bond donors (Lipinski definition) is 1. The van der Waals surface area contributed by atoms with E-state index in [1.54, 1.807) is 13.3 Å². The van der Waals surface area contributed by atoms with E-state index in [-0.39, 0.29) is 0 Å². The lowest BCUT2D eigenvalue weighted by molar-refractivity contribution is 0.0757. The number of ether oxygens (including phenoxy) is 4. The molecule has 2 aliphatic heterocycles. The molecule has 0 amide bonds. The van der Waals surface area contributed by atoms with Crippen molar-refractivity contribution in [3.8, 4) is 17.2 Å². The van der Waals surface area contributed by atoms with Crippen LogP contribution in [-0.4, -0.2) is 75.9 Å². The van der Waals surface area contributed by atoms with E-state index in [0.29, 0.717) is 43.7 Å². The molecule has 1 aromatic heterocycles. The van der Waals surface area contributed by atoms with Crippen LogP contribution in [0.2, 0.25) is 0 Å². The highest BCUT2D eigenvalue weighted by atomic mass is 16.6. The number of methoxy groups -OCH3 is 1. The topological polar surface area (TPSA) is 93.6 Å². The predicted molar refractivity (Wildman–Crippen MR) is 162 cm³/mol. The summed E-state index contributed by atoms with van der Waals surface area (Å²) in [6, 6.07) is 15.7. The van der Waals surface area contributed by atoms with Gasteiger partial charge in [0.2, 0.25) is 5.95 Å². The van der Waals surface area contributed by atoms with E-state index in [0.717, 1.165) is 49.3 Å². The van der Waals surface area contributed by atoms with Crippen molar-refractivity contribution in [2.75, 3.05) is 74.9 Å². The molecule has 0 bridgehead atoms. The van der Waals surface area contributed by atoms with Crippen molar-refractivity contribution in [3.63, 3.8) is 0 Å². The van der Waals surface area contributed by atoms with Gasteiger partial charge in [0.1, 0.15) is 24.8 Å². The lowest BCUT2D eigenvalue weighted by Gasteiger charge is -2.21. The Hall–Kier alpha value is -4.05. The highest BCUT2D eigenvalue weighted by Gasteiger charge is 2.20. The standard InChI is InChI=1S/C31H40N6O4/c1-24-8-7-9-26(20-24)40-18-16-39-17-19-41-27-11-10-25(21-28(27)38-2)23-32-35-29-22-30(36-12-3-4-13-36)34-31(33-29)37-14-5-6-15-37/h7-11,20-23H,3-6,12-19H2,1-2H3,(H,33,34,35)/b32-23+. The SMILES string of the molecule is COc1cc(/C=N/Nc2cc(N3CCCC3)nc(N3CCCC3)n2)ccc1OCCOCCOc1cccc(C)c1. The Balaban J connectivity index is 1.11. The first kappa shape index (κ1) is 28.5. The van der Waals surface area contributed by atoms with Crippen molar-refractivity contribution < 1.29 is 18.9 Å². The molecule has 2 aromatic carbocycles. The van der Waals surface area contributed by atoms with Gasteiger partial charge in [-0.05, 0) is 74.1 Å². The van der Waals surface area contributed by atoms with Crippen molar-refractivity contribution >= 4 is 23.8 Å². The minimum absolute atomic E-state index is 0.405. The molecular weight excluding hydrogens is 520 g/mol. The van der Waals surface area contributed by atoms with Gasteiger partial charge in [-0.25, -0.2) is 0 Å². The van der Waals surface area contributed by atoms with Crippen LogP contribution in [0, 0.1) is 6.92 Å². The summed E-state index contributed by atoms with van der Waals surface area (Å²) in [4.78, 5) is 14.2. The first-order valence-electron chi connectivity index (χ1n) is 14.4. The summed E-state index contributed by atoms with van der Waals surface area (Å²) in [6.45, 7) is 7.92. The van der Waals surface area contributed by atoms with Gasteiger partial charge < -0.3 is 28.7 Å². The molecule has 0 unspecified atom stereocenters. The van der Waals surface area contributed by atoms with Crippen LogP contribution in [0.5, 0.6) is 17.2 Å². The van der Waals surface area contributed by atoms with Crippen LogP contribution in [0.25, 0.3) is 0 Å². The van der Waals surface area contributed by atoms with E-state index in [2.05, 4.69) is 20.3 Å². The second kappa shape index (κ2) is 14.5. The van der Waals surface area contributed by atoms with Gasteiger partial charge in [-0.3, -0.25) is 5.43 Å². The molecule has 3 aromatic rings. The lowest BCUT2D eigenvalue weighted by Crippen LogP contribution is -2.24. The molecule has 3 heterocycles. The maximum absolute atomic E-state index is 5.88. The van der Waals surface area contributed by atoms with Gasteiger partial charge >= 0.3 is 0 Å². The van der Waals surface area contributed by atoms with E-state index in [9.17, 15) is 0 Å². The van der Waals surface area contributed by atoms with E-state index >= 15 is 0 Å². The number of nitrogens with one attached hydrogen (secondary N) is 1. The molecule has 2 aliphatic rings. The normalized spacial score (nSPS) is 15.1. The Morgan fingerprint density at radius 3 is 2.34 bits per heavy atom. The number of aromatic nitrogens is 2. The Morgan fingerprint density at radius 2 is 1.59 bits per heavy atom. The van der Waals surface area contributed by atoms with Crippen molar-refractivity contribution in [1.82, 2.24) is 9.97 Å². The number of anilines is 3. The number of aryl methyl sites for hydroxylation is 1. The van der Waals surface area contributed by atoms with Gasteiger partial charge in [0.15, 0.2) is 17.3 Å². The summed E-state index contributed by atoms with van der Waals surface area (Å²) >= 11 is 0. The maximum atomic E-state index is 5.88. The molecule has 0 radical (unpaired) electrons. The monoisotopic (exact) mass is 560 g/mol. The first-order valence-corrected chi connectivity index (χ1v) is 14.4. The van der Waals surface area contributed by atoms with Crippen LogP contribution in [0.1, 0.15) is 36.8 Å². The molecule has 2 saturated heterocycles. The van der Waals surface area contributed by atoms with Crippen LogP contribution in [0.15, 0.2) is 53.6 Å². The minimum Gasteiger partial charge on any atom is -0.493 e. The number of benzene rings is 2. The molecule has 0 spiro atoms. The second-order valence-corrected chi connectivity index (χ2v) is 10.2. The average molecular weight is 561 g/mol. The van der Waals surface area contributed by atoms with Gasteiger partial charge in [-0.15, -0.1) is 0 Å². The van der Waals surface area contributed by atoms with Gasteiger partial charge in [-0.1, -0.05) is 12.1 Å². The molecule has 10 heteroatoms. The lowest BCUT2D eigenvalue weighted by atomic mass is 10.2. The van der Waals surface area contributed by atoms with E-state index in [1.165, 1.54) is 31.2 Å². The van der Waals surface area contributed by atoms with E-state index in [4.69, 9.17) is 28.9 Å². The summed E-state index contributed by atoms with van der Waals surface area (Å²) in [6.07, 6.45) is 6.49. The second-order valence-electron chi connectivity index (χ2n) is 10.2. The molecule has 41 heavy (non-hydrogen) atoms. The number of rotatable bonds is 14. The van der Waals surface area contributed by atoms with Crippen LogP contribution in [0.3, 0.4) is 0 Å². The fourth-order valence-corrected chi connectivity index (χ4v) is 4.94. The molecular formula is C31H40N6O4. The van der Waals surface area contributed by atoms with E-state index in [1.807, 2.05) is 55.5 Å². The zero-order valence-corrected chi connectivity index (χ0v) is 24.1. The third-order valence-electron chi connectivity index (χ3n) is 7.07. The maximum Gasteiger partial charge on any atom is 0.229 e. The molecule has 2 fully saturated rings. The van der Waals surface area contributed by atoms with E-state index < -0.39 is 0 Å². The summed E-state index contributed by atoms with van der Waals surface area (Å²) in [5, 5.41) is 4.45. The van der Waals surface area contributed by atoms with Crippen LogP contribution in [-0.2, 0) is 4.74 Å². The summed E-state index contributed by atoms with van der Waals surface area (Å²) in [7, 11) is 1.63. The number of hydrazone groups is 1. The van der Waals surface area contributed by atoms with Gasteiger partial charge in [0, 0.05) is 32.2 Å². The van der Waals surface area contributed by atoms with Gasteiger partial charge in [0.05, 0.1) is 26.5 Å². The summed E-state index contributed by atoms with van der Waals surface area (Å²) < 4.78 is 22.8. The zero-order valence-electron chi connectivity index (χ0n) is 24.1. The van der Waals surface area contributed by atoms with Gasteiger partial charge in [0.25, 0.3) is 0 Å². The van der Waals surface area contributed by atoms with Crippen molar-refractivity contribution in [3.05, 3.63) is 59.7 Å². The van der Waals surface area contributed by atoms with Crippen LogP contribution >= 0.6 is 0 Å². The van der Waals surface area contributed by atoms with Crippen LogP contribution < -0.4 is 29.4 Å². The summed E-state index contributed by atoms with van der Waals surface area (Å²) in [5.41, 5.74) is 5.16. The Bertz CT molecular complexity index is 1260. The Kier molecular flexibility index (Phi) is 10.1. The molecule has 1 N–H and O–H groups in total. The molecule has 10 nitrogen and oxygen atoms in total. The number of nitrogens with zero attached hydrogens (tertiary/aromatic N) is 5. The molecule has 218 valence electrons. The zero-order chi connectivity index (χ0) is 28.3. The third-order valence-corrected chi connectivity index (χ3v) is 7.07.